The van der Waals surface area contributed by atoms with Crippen molar-refractivity contribution in [1.29, 1.82) is 5.26 Å². The number of hydrogen-bond acceptors (Lipinski definition) is 6. The van der Waals surface area contributed by atoms with E-state index in [0.29, 0.717) is 29.2 Å². The Bertz CT molecular complexity index is 909. The molecule has 0 aliphatic rings. The summed E-state index contributed by atoms with van der Waals surface area (Å²) in [7, 11) is 0. The first kappa shape index (κ1) is 15.3. The first-order valence-corrected chi connectivity index (χ1v) is 7.27. The van der Waals surface area contributed by atoms with E-state index in [2.05, 4.69) is 25.8 Å². The van der Waals surface area contributed by atoms with Gasteiger partial charge in [0, 0.05) is 12.6 Å². The van der Waals surface area contributed by atoms with Gasteiger partial charge >= 0.3 is 0 Å². The Morgan fingerprint density at radius 1 is 1.29 bits per heavy atom. The Kier molecular flexibility index (Phi) is 4.25. The Balaban J connectivity index is 1.90. The number of nitrogens with zero attached hydrogens (tertiary/aromatic N) is 6. The molecule has 0 bridgehead atoms. The zero-order valence-electron chi connectivity index (χ0n) is 12.8. The number of benzene rings is 1. The summed E-state index contributed by atoms with van der Waals surface area (Å²) >= 11 is 0. The van der Waals surface area contributed by atoms with Gasteiger partial charge in [-0.25, -0.2) is 4.98 Å². The third-order valence-corrected chi connectivity index (χ3v) is 3.36. The highest BCUT2D eigenvalue weighted by Gasteiger charge is 2.14. The number of carbonyl (C=O) groups excluding carboxylic acids is 1. The predicted molar refractivity (Wildman–Crippen MR) is 85.4 cm³/mol. The molecular weight excluding hydrogens is 306 g/mol. The molecule has 0 radical (unpaired) electrons. The molecule has 1 amide bonds. The molecule has 2 heterocycles. The molecular formula is C16H13N7O. The number of rotatable bonds is 4. The number of amides is 1. The minimum atomic E-state index is -0.377. The van der Waals surface area contributed by atoms with E-state index in [1.54, 1.807) is 22.9 Å². The predicted octanol–water partition coefficient (Wildman–Crippen LogP) is 1.74. The van der Waals surface area contributed by atoms with E-state index in [4.69, 9.17) is 5.26 Å². The summed E-state index contributed by atoms with van der Waals surface area (Å²) in [5, 5.41) is 23.2. The fourth-order valence-electron chi connectivity index (χ4n) is 2.16. The van der Waals surface area contributed by atoms with Crippen LogP contribution in [0.1, 0.15) is 28.8 Å². The van der Waals surface area contributed by atoms with Crippen molar-refractivity contribution in [2.75, 3.05) is 5.32 Å². The largest absolute Gasteiger partial charge is 0.319 e. The first-order chi connectivity index (χ1) is 11.7. The van der Waals surface area contributed by atoms with Crippen LogP contribution in [0, 0.1) is 11.3 Å². The molecule has 3 aromatic rings. The van der Waals surface area contributed by atoms with Gasteiger partial charge in [-0.1, -0.05) is 19.1 Å². The molecule has 118 valence electrons. The molecule has 0 spiro atoms. The second-order valence-corrected chi connectivity index (χ2v) is 4.88. The Labute approximate surface area is 137 Å². The molecule has 0 saturated heterocycles. The van der Waals surface area contributed by atoms with Gasteiger partial charge < -0.3 is 5.32 Å². The maximum atomic E-state index is 12.4. The van der Waals surface area contributed by atoms with Crippen molar-refractivity contribution in [3.05, 3.63) is 59.7 Å². The molecule has 0 aliphatic carbocycles. The molecule has 0 atom stereocenters. The maximum absolute atomic E-state index is 12.4. The summed E-state index contributed by atoms with van der Waals surface area (Å²) < 4.78 is 1.59. The van der Waals surface area contributed by atoms with Crippen molar-refractivity contribution < 1.29 is 4.79 Å². The third kappa shape index (κ3) is 2.96. The van der Waals surface area contributed by atoms with Gasteiger partial charge in [-0.2, -0.15) is 9.94 Å². The standard InChI is InChI=1S/C16H13N7O/c1-2-15-20-21-22-23(15)14-6-4-3-5-12(14)19-16(24)13-8-7-11(9-17)10-18-13/h3-8,10H,2H2,1H3,(H,19,24). The number of anilines is 1. The van der Waals surface area contributed by atoms with Crippen molar-refractivity contribution in [3.8, 4) is 11.8 Å². The van der Waals surface area contributed by atoms with E-state index in [1.165, 1.54) is 12.3 Å². The molecule has 0 aliphatic heterocycles. The molecule has 0 saturated carbocycles. The van der Waals surface area contributed by atoms with E-state index in [-0.39, 0.29) is 11.6 Å². The van der Waals surface area contributed by atoms with Crippen LogP contribution in [0.15, 0.2) is 42.6 Å². The number of tetrazole rings is 1. The lowest BCUT2D eigenvalue weighted by atomic mass is 10.2. The van der Waals surface area contributed by atoms with Crippen LogP contribution in [-0.2, 0) is 6.42 Å². The summed E-state index contributed by atoms with van der Waals surface area (Å²) in [4.78, 5) is 16.4. The van der Waals surface area contributed by atoms with Crippen LogP contribution < -0.4 is 5.32 Å². The summed E-state index contributed by atoms with van der Waals surface area (Å²) in [5.41, 5.74) is 1.85. The van der Waals surface area contributed by atoms with Crippen molar-refractivity contribution in [2.45, 2.75) is 13.3 Å². The number of nitrogens with one attached hydrogen (secondary N) is 1. The summed E-state index contributed by atoms with van der Waals surface area (Å²) in [5.74, 6) is 0.311. The van der Waals surface area contributed by atoms with Crippen LogP contribution in [0.25, 0.3) is 5.69 Å². The highest BCUT2D eigenvalue weighted by Crippen LogP contribution is 2.20. The van der Waals surface area contributed by atoms with Crippen molar-refractivity contribution in [3.63, 3.8) is 0 Å². The average molecular weight is 319 g/mol. The second-order valence-electron chi connectivity index (χ2n) is 4.88. The minimum absolute atomic E-state index is 0.219. The van der Waals surface area contributed by atoms with Gasteiger partial charge in [-0.05, 0) is 34.7 Å². The summed E-state index contributed by atoms with van der Waals surface area (Å²) in [6.07, 6.45) is 2.02. The molecule has 24 heavy (non-hydrogen) atoms. The number of hydrogen-bond donors (Lipinski definition) is 1. The Morgan fingerprint density at radius 3 is 2.83 bits per heavy atom. The van der Waals surface area contributed by atoms with Gasteiger partial charge in [0.05, 0.1) is 16.9 Å². The second kappa shape index (κ2) is 6.66. The molecule has 0 unspecified atom stereocenters. The highest BCUT2D eigenvalue weighted by atomic mass is 16.1. The van der Waals surface area contributed by atoms with Crippen LogP contribution in [0.2, 0.25) is 0 Å². The number of para-hydroxylation sites is 2. The average Bonchev–Trinajstić information content (AvgIpc) is 3.10. The minimum Gasteiger partial charge on any atom is -0.319 e. The van der Waals surface area contributed by atoms with E-state index in [1.807, 2.05) is 25.1 Å². The lowest BCUT2D eigenvalue weighted by Gasteiger charge is -2.11. The molecule has 3 rings (SSSR count). The van der Waals surface area contributed by atoms with Gasteiger partial charge in [-0.3, -0.25) is 4.79 Å². The van der Waals surface area contributed by atoms with Crippen LogP contribution >= 0.6 is 0 Å². The SMILES string of the molecule is CCc1nnnn1-c1ccccc1NC(=O)c1ccc(C#N)cn1. The van der Waals surface area contributed by atoms with Crippen molar-refractivity contribution in [2.24, 2.45) is 0 Å². The molecule has 0 fully saturated rings. The van der Waals surface area contributed by atoms with Gasteiger partial charge in [0.1, 0.15) is 11.8 Å². The third-order valence-electron chi connectivity index (χ3n) is 3.36. The Morgan fingerprint density at radius 2 is 2.12 bits per heavy atom. The lowest BCUT2D eigenvalue weighted by Crippen LogP contribution is -2.16. The number of aryl methyl sites for hydroxylation is 1. The lowest BCUT2D eigenvalue weighted by molar-refractivity contribution is 0.102. The van der Waals surface area contributed by atoms with Gasteiger partial charge in [0.25, 0.3) is 5.91 Å². The number of pyridine rings is 1. The fraction of sp³-hybridized carbons (Fsp3) is 0.125. The molecule has 2 aromatic heterocycles. The zero-order valence-corrected chi connectivity index (χ0v) is 12.8. The highest BCUT2D eigenvalue weighted by molar-refractivity contribution is 6.03. The maximum Gasteiger partial charge on any atom is 0.274 e. The van der Waals surface area contributed by atoms with Crippen molar-refractivity contribution >= 4 is 11.6 Å². The van der Waals surface area contributed by atoms with E-state index < -0.39 is 0 Å². The zero-order chi connectivity index (χ0) is 16.9. The normalized spacial score (nSPS) is 10.2. The topological polar surface area (TPSA) is 109 Å². The monoisotopic (exact) mass is 319 g/mol. The van der Waals surface area contributed by atoms with Crippen LogP contribution in [0.5, 0.6) is 0 Å². The fourth-order valence-corrected chi connectivity index (χ4v) is 2.16. The molecule has 1 aromatic carbocycles. The van der Waals surface area contributed by atoms with Crippen LogP contribution in [-0.4, -0.2) is 31.1 Å². The summed E-state index contributed by atoms with van der Waals surface area (Å²) in [6, 6.07) is 12.2. The Hall–Kier alpha value is -3.60. The molecule has 1 N–H and O–H groups in total. The quantitative estimate of drug-likeness (QED) is 0.784. The first-order valence-electron chi connectivity index (χ1n) is 7.27. The molecule has 8 heteroatoms. The van der Waals surface area contributed by atoms with Crippen molar-refractivity contribution in [1.82, 2.24) is 25.2 Å². The van der Waals surface area contributed by atoms with Crippen LogP contribution in [0.4, 0.5) is 5.69 Å². The van der Waals surface area contributed by atoms with E-state index in [9.17, 15) is 4.79 Å². The number of nitriles is 1. The van der Waals surface area contributed by atoms with Crippen LogP contribution in [0.3, 0.4) is 0 Å². The molecule has 8 nitrogen and oxygen atoms in total. The number of aromatic nitrogens is 5. The number of carbonyl (C=O) groups is 1. The van der Waals surface area contributed by atoms with E-state index in [0.717, 1.165) is 0 Å². The van der Waals surface area contributed by atoms with Gasteiger partial charge in [0.2, 0.25) is 0 Å². The van der Waals surface area contributed by atoms with Gasteiger partial charge in [-0.15, -0.1) is 5.10 Å². The van der Waals surface area contributed by atoms with E-state index >= 15 is 0 Å². The van der Waals surface area contributed by atoms with Gasteiger partial charge in [0.15, 0.2) is 5.82 Å². The summed E-state index contributed by atoms with van der Waals surface area (Å²) in [6.45, 7) is 1.95. The smallest absolute Gasteiger partial charge is 0.274 e.